The Bertz CT molecular complexity index is 1820. The van der Waals surface area contributed by atoms with Gasteiger partial charge in [-0.2, -0.15) is 0 Å². The lowest BCUT2D eigenvalue weighted by Crippen LogP contribution is -2.43. The van der Waals surface area contributed by atoms with Gasteiger partial charge in [-0.05, 0) is 184 Å². The van der Waals surface area contributed by atoms with Gasteiger partial charge in [-0.25, -0.2) is 9.59 Å². The number of aromatic hydroxyl groups is 1. The van der Waals surface area contributed by atoms with Gasteiger partial charge < -0.3 is 34.6 Å². The van der Waals surface area contributed by atoms with Crippen molar-refractivity contribution in [1.29, 1.82) is 0 Å². The average molecular weight is 791 g/mol. The maximum atomic E-state index is 12.1. The van der Waals surface area contributed by atoms with E-state index < -0.39 is 36.1 Å². The van der Waals surface area contributed by atoms with Crippen molar-refractivity contribution in [2.24, 2.45) is 34.5 Å². The Hall–Kier alpha value is -3.96. The van der Waals surface area contributed by atoms with E-state index >= 15 is 0 Å². The first-order chi connectivity index (χ1) is 26.9. The first-order valence-electron chi connectivity index (χ1n) is 21.0. The topological polar surface area (TPSA) is 177 Å². The van der Waals surface area contributed by atoms with Crippen LogP contribution in [0.1, 0.15) is 140 Å². The van der Waals surface area contributed by atoms with Crippen LogP contribution in [0.5, 0.6) is 11.5 Å². The summed E-state index contributed by atoms with van der Waals surface area (Å²) in [6, 6.07) is 11.9. The molecule has 11 heteroatoms. The van der Waals surface area contributed by atoms with Gasteiger partial charge in [0.1, 0.15) is 11.5 Å². The Kier molecular flexibility index (Phi) is 12.8. The summed E-state index contributed by atoms with van der Waals surface area (Å²) in [7, 11) is 0. The zero-order chi connectivity index (χ0) is 41.4. The number of hydrogen-bond donors (Lipinski definition) is 4. The minimum atomic E-state index is -1.13. The van der Waals surface area contributed by atoms with Crippen molar-refractivity contribution >= 4 is 23.9 Å². The highest BCUT2D eigenvalue weighted by atomic mass is 16.6. The van der Waals surface area contributed by atoms with Gasteiger partial charge in [0.15, 0.2) is 12.2 Å². The second-order valence-electron chi connectivity index (χ2n) is 18.1. The number of aliphatic hydroxyl groups excluding tert-OH is 2. The minimum absolute atomic E-state index is 0.0843. The molecule has 12 atom stereocenters. The van der Waals surface area contributed by atoms with Crippen molar-refractivity contribution in [2.75, 3.05) is 0 Å². The highest BCUT2D eigenvalue weighted by molar-refractivity contribution is 5.80. The highest BCUT2D eigenvalue weighted by Crippen LogP contribution is 2.62. The molecule has 0 spiro atoms. The van der Waals surface area contributed by atoms with Crippen molar-refractivity contribution in [3.8, 4) is 11.5 Å². The molecule has 4 fully saturated rings. The summed E-state index contributed by atoms with van der Waals surface area (Å²) in [5.41, 5.74) is 5.72. The summed E-state index contributed by atoms with van der Waals surface area (Å²) in [5, 5.41) is 38.7. The fourth-order valence-corrected chi connectivity index (χ4v) is 11.9. The van der Waals surface area contributed by atoms with E-state index in [2.05, 4.69) is 30.7 Å². The predicted octanol–water partition coefficient (Wildman–Crippen LogP) is 7.39. The Morgan fingerprint density at radius 1 is 0.667 bits per heavy atom. The van der Waals surface area contributed by atoms with Crippen molar-refractivity contribution in [1.82, 2.24) is 0 Å². The maximum Gasteiger partial charge on any atom is 0.352 e. The SMILES string of the molecule is CC(=O)O[C@@H](C)C(=O)O.CC(=O)O[C@@H](C)C(=O)Oc1ccc2c(c1)CCC1C2CC[C@@]2(C)C1CC[C@@H]2O.C[C@]12CCC3c4ccc(O)cc4CCC3C1CC[C@@H]2O. The highest BCUT2D eigenvalue weighted by Gasteiger charge is 2.55. The zero-order valence-electron chi connectivity index (χ0n) is 34.4. The number of hydrogen-bond acceptors (Lipinski definition) is 10. The van der Waals surface area contributed by atoms with Gasteiger partial charge in [-0.1, -0.05) is 26.0 Å². The summed E-state index contributed by atoms with van der Waals surface area (Å²) in [5.74, 6) is 2.02. The summed E-state index contributed by atoms with van der Waals surface area (Å²) < 4.78 is 14.6. The second kappa shape index (κ2) is 17.1. The number of benzene rings is 2. The Labute approximate surface area is 336 Å². The van der Waals surface area contributed by atoms with Gasteiger partial charge in [0.05, 0.1) is 12.2 Å². The molecule has 0 amide bonds. The molecular weight excluding hydrogens is 728 g/mol. The molecule has 0 aromatic heterocycles. The third-order valence-electron chi connectivity index (χ3n) is 14.9. The molecule has 0 radical (unpaired) electrons. The first kappa shape index (κ1) is 42.6. The van der Waals surface area contributed by atoms with Gasteiger partial charge in [-0.3, -0.25) is 9.59 Å². The van der Waals surface area contributed by atoms with Crippen LogP contribution >= 0.6 is 0 Å². The Balaban J connectivity index is 0.000000164. The van der Waals surface area contributed by atoms with E-state index in [9.17, 15) is 34.5 Å². The van der Waals surface area contributed by atoms with Crippen molar-refractivity contribution in [3.63, 3.8) is 0 Å². The molecule has 2 aromatic carbocycles. The molecule has 2 aromatic rings. The van der Waals surface area contributed by atoms with Gasteiger partial charge in [0.25, 0.3) is 0 Å². The lowest BCUT2D eigenvalue weighted by Gasteiger charge is -2.50. The fraction of sp³-hybridized carbons (Fsp3) is 0.652. The zero-order valence-corrected chi connectivity index (χ0v) is 34.4. The third kappa shape index (κ3) is 8.75. The van der Waals surface area contributed by atoms with E-state index in [0.717, 1.165) is 63.7 Å². The minimum Gasteiger partial charge on any atom is -0.508 e. The Morgan fingerprint density at radius 3 is 1.61 bits per heavy atom. The van der Waals surface area contributed by atoms with Gasteiger partial charge in [0.2, 0.25) is 0 Å². The van der Waals surface area contributed by atoms with Crippen LogP contribution in [0.2, 0.25) is 0 Å². The van der Waals surface area contributed by atoms with E-state index in [1.165, 1.54) is 69.2 Å². The van der Waals surface area contributed by atoms with Crippen LogP contribution in [-0.2, 0) is 41.5 Å². The number of carboxylic acid groups (broad SMARTS) is 1. The number of phenolic OH excluding ortho intramolecular Hbond substituents is 1. The van der Waals surface area contributed by atoms with Crippen LogP contribution in [0.3, 0.4) is 0 Å². The molecule has 312 valence electrons. The number of aryl methyl sites for hydroxylation is 2. The van der Waals surface area contributed by atoms with Crippen molar-refractivity contribution < 1.29 is 53.8 Å². The molecule has 0 saturated heterocycles. The summed E-state index contributed by atoms with van der Waals surface area (Å²) in [6.45, 7) is 9.86. The van der Waals surface area contributed by atoms with Crippen LogP contribution in [-0.4, -0.2) is 68.7 Å². The van der Waals surface area contributed by atoms with E-state index in [1.807, 2.05) is 24.3 Å². The molecule has 57 heavy (non-hydrogen) atoms. The van der Waals surface area contributed by atoms with Gasteiger partial charge >= 0.3 is 23.9 Å². The van der Waals surface area contributed by atoms with Crippen LogP contribution in [0, 0.1) is 34.5 Å². The molecule has 11 nitrogen and oxygen atoms in total. The molecule has 6 unspecified atom stereocenters. The van der Waals surface area contributed by atoms with E-state index in [4.69, 9.17) is 14.6 Å². The van der Waals surface area contributed by atoms with Gasteiger partial charge in [-0.15, -0.1) is 0 Å². The molecule has 0 bridgehead atoms. The smallest absolute Gasteiger partial charge is 0.352 e. The predicted molar refractivity (Wildman–Crippen MR) is 212 cm³/mol. The number of carbonyl (C=O) groups excluding carboxylic acids is 3. The summed E-state index contributed by atoms with van der Waals surface area (Å²) in [6.07, 6.45) is 11.1. The molecule has 6 aliphatic carbocycles. The number of phenols is 1. The third-order valence-corrected chi connectivity index (χ3v) is 14.9. The number of carboxylic acids is 1. The lowest BCUT2D eigenvalue weighted by molar-refractivity contribution is -0.161. The van der Waals surface area contributed by atoms with Gasteiger partial charge in [0, 0.05) is 13.8 Å². The van der Waals surface area contributed by atoms with E-state index in [1.54, 1.807) is 0 Å². The Morgan fingerprint density at radius 2 is 1.14 bits per heavy atom. The van der Waals surface area contributed by atoms with Crippen LogP contribution in [0.15, 0.2) is 36.4 Å². The number of esters is 3. The summed E-state index contributed by atoms with van der Waals surface area (Å²) >= 11 is 0. The van der Waals surface area contributed by atoms with Crippen molar-refractivity contribution in [3.05, 3.63) is 58.7 Å². The first-order valence-corrected chi connectivity index (χ1v) is 21.0. The van der Waals surface area contributed by atoms with Crippen molar-refractivity contribution in [2.45, 2.75) is 155 Å². The monoisotopic (exact) mass is 790 g/mol. The fourth-order valence-electron chi connectivity index (χ4n) is 11.9. The normalized spacial score (nSPS) is 33.9. The molecule has 8 rings (SSSR count). The molecule has 0 aliphatic heterocycles. The standard InChI is InChI=1S/C23H30O5.C18H24O2.C5H8O4/c1-13(27-14(2)24)22(26)28-16-5-7-17-15(12-16)4-6-19-18(17)10-11-23(3)20(19)8-9-21(23)25;1-18-9-8-14-13-5-3-12(19)10-11(13)2-4-15(14)16(18)6-7-17(18)20;1-3(5(7)8)9-4(2)6/h5,7,12-13,18-21,25H,4,6,8-11H2,1-3H3;3,5,10,14-17,19-20H,2,4,6-9H2,1H3;3H,1-2H3,(H,7,8)/t13-,18?,19?,20?,21-,23-;14?,15?,16?,17-,18-;3-/m000/s1. The molecule has 4 N–H and O–H groups in total. The second-order valence-corrected chi connectivity index (χ2v) is 18.1. The van der Waals surface area contributed by atoms with Crippen LogP contribution in [0.4, 0.5) is 0 Å². The maximum absolute atomic E-state index is 12.1. The van der Waals surface area contributed by atoms with Crippen LogP contribution < -0.4 is 4.74 Å². The number of ether oxygens (including phenoxy) is 3. The molecule has 0 heterocycles. The molecular formula is C46H62O11. The largest absolute Gasteiger partial charge is 0.508 e. The number of aliphatic hydroxyl groups is 2. The lowest BCUT2D eigenvalue weighted by atomic mass is 9.55. The average Bonchev–Trinajstić information content (AvgIpc) is 3.64. The number of carbonyl (C=O) groups is 4. The summed E-state index contributed by atoms with van der Waals surface area (Å²) in [4.78, 5) is 43.2. The molecule has 4 saturated carbocycles. The number of fused-ring (bicyclic) bond motifs is 10. The number of aliphatic carboxylic acids is 1. The van der Waals surface area contributed by atoms with E-state index in [-0.39, 0.29) is 23.0 Å². The quantitative estimate of drug-likeness (QED) is 0.175. The van der Waals surface area contributed by atoms with Crippen LogP contribution in [0.25, 0.3) is 0 Å². The van der Waals surface area contributed by atoms with E-state index in [0.29, 0.717) is 41.1 Å². The molecule has 6 aliphatic rings. The number of rotatable bonds is 5.